The Hall–Kier alpha value is -0.340. The van der Waals surface area contributed by atoms with Crippen molar-refractivity contribution < 1.29 is 0 Å². The van der Waals surface area contributed by atoms with Crippen molar-refractivity contribution in [3.05, 3.63) is 21.9 Å². The third-order valence-corrected chi connectivity index (χ3v) is 5.16. The van der Waals surface area contributed by atoms with Gasteiger partial charge in [-0.25, -0.2) is 0 Å². The topological polar surface area (TPSA) is 12.0 Å². The van der Waals surface area contributed by atoms with Crippen LogP contribution in [0.3, 0.4) is 0 Å². The van der Waals surface area contributed by atoms with Crippen molar-refractivity contribution in [3.8, 4) is 0 Å². The largest absolute Gasteiger partial charge is 0.314 e. The molecule has 0 radical (unpaired) electrons. The highest BCUT2D eigenvalue weighted by atomic mass is 32.1. The van der Waals surface area contributed by atoms with Crippen LogP contribution in [0.15, 0.2) is 12.1 Å². The van der Waals surface area contributed by atoms with E-state index in [1.54, 1.807) is 4.88 Å². The summed E-state index contributed by atoms with van der Waals surface area (Å²) in [5.74, 6) is 0.868. The van der Waals surface area contributed by atoms with Crippen LogP contribution in [0.25, 0.3) is 0 Å². The van der Waals surface area contributed by atoms with E-state index in [-0.39, 0.29) is 0 Å². The van der Waals surface area contributed by atoms with Crippen LogP contribution in [-0.2, 0) is 12.8 Å². The Morgan fingerprint density at radius 2 is 1.94 bits per heavy atom. The van der Waals surface area contributed by atoms with Crippen molar-refractivity contribution >= 4 is 11.3 Å². The second-order valence-electron chi connectivity index (χ2n) is 5.13. The maximum Gasteiger partial charge on any atom is 0.00986 e. The van der Waals surface area contributed by atoms with Crippen molar-refractivity contribution in [3.63, 3.8) is 0 Å². The van der Waals surface area contributed by atoms with Gasteiger partial charge in [-0.15, -0.1) is 11.3 Å². The van der Waals surface area contributed by atoms with Gasteiger partial charge in [-0.05, 0) is 50.3 Å². The highest BCUT2D eigenvalue weighted by Gasteiger charge is 2.24. The molecule has 1 fully saturated rings. The van der Waals surface area contributed by atoms with E-state index in [1.807, 2.05) is 11.3 Å². The van der Waals surface area contributed by atoms with E-state index in [0.717, 1.165) is 18.5 Å². The molecule has 1 saturated carbocycles. The second kappa shape index (κ2) is 6.55. The summed E-state index contributed by atoms with van der Waals surface area (Å²) in [6.45, 7) is 5.59. The van der Waals surface area contributed by atoms with Gasteiger partial charge in [0.25, 0.3) is 0 Å². The second-order valence-corrected chi connectivity index (χ2v) is 6.39. The Morgan fingerprint density at radius 3 is 2.65 bits per heavy atom. The zero-order chi connectivity index (χ0) is 12.1. The van der Waals surface area contributed by atoms with E-state index in [9.17, 15) is 0 Å². The molecule has 1 aliphatic carbocycles. The maximum absolute atomic E-state index is 3.68. The van der Waals surface area contributed by atoms with E-state index in [1.165, 1.54) is 43.4 Å². The zero-order valence-corrected chi connectivity index (χ0v) is 12.0. The lowest BCUT2D eigenvalue weighted by atomic mass is 9.82. The first kappa shape index (κ1) is 13.1. The number of hydrogen-bond acceptors (Lipinski definition) is 2. The van der Waals surface area contributed by atoms with Crippen molar-refractivity contribution in [2.24, 2.45) is 5.92 Å². The van der Waals surface area contributed by atoms with Crippen LogP contribution in [0.2, 0.25) is 0 Å². The summed E-state index contributed by atoms with van der Waals surface area (Å²) in [6.07, 6.45) is 8.12. The monoisotopic (exact) mass is 251 g/mol. The molecule has 0 bridgehead atoms. The number of hydrogen-bond donors (Lipinski definition) is 1. The molecule has 2 rings (SSSR count). The molecule has 0 spiro atoms. The van der Waals surface area contributed by atoms with Gasteiger partial charge >= 0.3 is 0 Å². The van der Waals surface area contributed by atoms with E-state index in [4.69, 9.17) is 0 Å². The Balaban J connectivity index is 1.95. The van der Waals surface area contributed by atoms with Gasteiger partial charge in [0.15, 0.2) is 0 Å². The fourth-order valence-corrected chi connectivity index (χ4v) is 4.01. The Bertz CT molecular complexity index is 329. The summed E-state index contributed by atoms with van der Waals surface area (Å²) in [5, 5.41) is 3.68. The highest BCUT2D eigenvalue weighted by Crippen LogP contribution is 2.30. The van der Waals surface area contributed by atoms with Crippen molar-refractivity contribution in [2.45, 2.75) is 58.4 Å². The standard InChI is InChI=1S/C15H25NS/c1-3-13-9-10-14(17-13)11-12-7-5-6-8-15(12)16-4-2/h9-10,12,15-16H,3-8,11H2,1-2H3. The molecule has 1 aliphatic rings. The first-order chi connectivity index (χ1) is 8.33. The van der Waals surface area contributed by atoms with Gasteiger partial charge in [-0.2, -0.15) is 0 Å². The average Bonchev–Trinajstić information content (AvgIpc) is 2.80. The molecular formula is C15H25NS. The van der Waals surface area contributed by atoms with Gasteiger partial charge in [0.2, 0.25) is 0 Å². The highest BCUT2D eigenvalue weighted by molar-refractivity contribution is 7.11. The molecule has 1 aromatic heterocycles. The van der Waals surface area contributed by atoms with E-state index < -0.39 is 0 Å². The molecule has 1 nitrogen and oxygen atoms in total. The fourth-order valence-electron chi connectivity index (χ4n) is 2.96. The molecule has 17 heavy (non-hydrogen) atoms. The zero-order valence-electron chi connectivity index (χ0n) is 11.2. The van der Waals surface area contributed by atoms with Gasteiger partial charge in [-0.1, -0.05) is 26.7 Å². The summed E-state index contributed by atoms with van der Waals surface area (Å²) in [7, 11) is 0. The van der Waals surface area contributed by atoms with Gasteiger partial charge in [0, 0.05) is 15.8 Å². The smallest absolute Gasteiger partial charge is 0.00986 e. The van der Waals surface area contributed by atoms with Crippen LogP contribution in [0.5, 0.6) is 0 Å². The molecular weight excluding hydrogens is 226 g/mol. The van der Waals surface area contributed by atoms with Crippen LogP contribution >= 0.6 is 11.3 Å². The minimum atomic E-state index is 0.765. The molecule has 1 N–H and O–H groups in total. The molecule has 2 heteroatoms. The molecule has 0 aromatic carbocycles. The van der Waals surface area contributed by atoms with Crippen LogP contribution < -0.4 is 5.32 Å². The SMILES string of the molecule is CCNC1CCCCC1Cc1ccc(CC)s1. The van der Waals surface area contributed by atoms with Gasteiger partial charge in [-0.3, -0.25) is 0 Å². The lowest BCUT2D eigenvalue weighted by molar-refractivity contribution is 0.265. The average molecular weight is 251 g/mol. The summed E-state index contributed by atoms with van der Waals surface area (Å²) in [4.78, 5) is 3.13. The molecule has 0 amide bonds. The van der Waals surface area contributed by atoms with Crippen LogP contribution in [-0.4, -0.2) is 12.6 Å². The number of rotatable bonds is 5. The molecule has 2 atom stereocenters. The molecule has 1 heterocycles. The Kier molecular flexibility index (Phi) is 5.05. The summed E-state index contributed by atoms with van der Waals surface area (Å²) in [5.41, 5.74) is 0. The minimum absolute atomic E-state index is 0.765. The predicted octanol–water partition coefficient (Wildman–Crippen LogP) is 4.02. The van der Waals surface area contributed by atoms with Crippen molar-refractivity contribution in [1.82, 2.24) is 5.32 Å². The molecule has 96 valence electrons. The Morgan fingerprint density at radius 1 is 1.18 bits per heavy atom. The number of thiophene rings is 1. The summed E-state index contributed by atoms with van der Waals surface area (Å²) >= 11 is 2.02. The van der Waals surface area contributed by atoms with Crippen LogP contribution in [0, 0.1) is 5.92 Å². The van der Waals surface area contributed by atoms with Crippen LogP contribution in [0.4, 0.5) is 0 Å². The first-order valence-corrected chi connectivity index (χ1v) is 7.96. The third kappa shape index (κ3) is 3.56. The van der Waals surface area contributed by atoms with Gasteiger partial charge < -0.3 is 5.32 Å². The minimum Gasteiger partial charge on any atom is -0.314 e. The molecule has 0 aliphatic heterocycles. The first-order valence-electron chi connectivity index (χ1n) is 7.14. The summed E-state index contributed by atoms with van der Waals surface area (Å²) in [6, 6.07) is 5.42. The fraction of sp³-hybridized carbons (Fsp3) is 0.733. The predicted molar refractivity (Wildman–Crippen MR) is 76.8 cm³/mol. The summed E-state index contributed by atoms with van der Waals surface area (Å²) < 4.78 is 0. The van der Waals surface area contributed by atoms with Crippen molar-refractivity contribution in [1.29, 1.82) is 0 Å². The van der Waals surface area contributed by atoms with Crippen molar-refractivity contribution in [2.75, 3.05) is 6.54 Å². The van der Waals surface area contributed by atoms with Crippen LogP contribution in [0.1, 0.15) is 49.3 Å². The Labute approximate surface area is 110 Å². The van der Waals surface area contributed by atoms with E-state index >= 15 is 0 Å². The molecule has 0 saturated heterocycles. The van der Waals surface area contributed by atoms with E-state index in [0.29, 0.717) is 0 Å². The molecule has 2 unspecified atom stereocenters. The normalized spacial score (nSPS) is 25.1. The van der Waals surface area contributed by atoms with Gasteiger partial charge in [0.05, 0.1) is 0 Å². The van der Waals surface area contributed by atoms with Gasteiger partial charge in [0.1, 0.15) is 0 Å². The maximum atomic E-state index is 3.68. The number of aryl methyl sites for hydroxylation is 1. The third-order valence-electron chi connectivity index (χ3n) is 3.90. The molecule has 1 aromatic rings. The van der Waals surface area contributed by atoms with E-state index in [2.05, 4.69) is 31.3 Å². The lowest BCUT2D eigenvalue weighted by Gasteiger charge is -2.32. The quantitative estimate of drug-likeness (QED) is 0.833. The lowest BCUT2D eigenvalue weighted by Crippen LogP contribution is -2.39. The number of nitrogens with one attached hydrogen (secondary N) is 1.